The molecule has 0 bridgehead atoms. The molecule has 1 aromatic rings. The van der Waals surface area contributed by atoms with Crippen LogP contribution in [0.25, 0.3) is 0 Å². The van der Waals surface area contributed by atoms with Crippen LogP contribution in [0.2, 0.25) is 0 Å². The first-order chi connectivity index (χ1) is 7.88. The summed E-state index contributed by atoms with van der Waals surface area (Å²) in [7, 11) is -2.10. The minimum absolute atomic E-state index is 0.0299. The third-order valence-electron chi connectivity index (χ3n) is 2.25. The van der Waals surface area contributed by atoms with E-state index < -0.39 is 15.9 Å². The molecule has 17 heavy (non-hydrogen) atoms. The zero-order valence-electron chi connectivity index (χ0n) is 9.53. The summed E-state index contributed by atoms with van der Waals surface area (Å²) in [4.78, 5) is 0. The van der Waals surface area contributed by atoms with Crippen LogP contribution in [0.1, 0.15) is 6.92 Å². The van der Waals surface area contributed by atoms with E-state index in [9.17, 15) is 8.42 Å². The molecule has 96 valence electrons. The largest absolute Gasteiger partial charge is 0.409 e. The number of amidine groups is 1. The quantitative estimate of drug-likeness (QED) is 0.274. The van der Waals surface area contributed by atoms with Gasteiger partial charge >= 0.3 is 0 Å². The lowest BCUT2D eigenvalue weighted by molar-refractivity contribution is 0.314. The summed E-state index contributed by atoms with van der Waals surface area (Å²) in [5, 5.41) is 15.1. The predicted molar refractivity (Wildman–Crippen MR) is 61.0 cm³/mol. The van der Waals surface area contributed by atoms with Crippen molar-refractivity contribution in [2.45, 2.75) is 11.9 Å². The number of hydrogen-bond donors (Lipinski definition) is 3. The highest BCUT2D eigenvalue weighted by Gasteiger charge is 2.19. The minimum atomic E-state index is -3.63. The molecule has 9 heteroatoms. The van der Waals surface area contributed by atoms with Gasteiger partial charge in [0.2, 0.25) is 0 Å². The zero-order valence-corrected chi connectivity index (χ0v) is 10.3. The number of aryl methyl sites for hydroxylation is 1. The Morgan fingerprint density at radius 3 is 2.88 bits per heavy atom. The van der Waals surface area contributed by atoms with Gasteiger partial charge in [0.25, 0.3) is 10.0 Å². The molecule has 1 heterocycles. The molecule has 1 rings (SSSR count). The molecule has 8 nitrogen and oxygen atoms in total. The summed E-state index contributed by atoms with van der Waals surface area (Å²) >= 11 is 0. The molecule has 1 unspecified atom stereocenters. The van der Waals surface area contributed by atoms with Gasteiger partial charge in [-0.3, -0.25) is 4.68 Å². The fourth-order valence-electron chi connectivity index (χ4n) is 1.14. The third kappa shape index (κ3) is 3.17. The average Bonchev–Trinajstić information content (AvgIpc) is 2.72. The van der Waals surface area contributed by atoms with Crippen LogP contribution in [0.15, 0.2) is 22.4 Å². The van der Waals surface area contributed by atoms with E-state index in [0.29, 0.717) is 0 Å². The summed E-state index contributed by atoms with van der Waals surface area (Å²) in [5.41, 5.74) is 5.34. The van der Waals surface area contributed by atoms with Gasteiger partial charge in [0.15, 0.2) is 5.03 Å². The van der Waals surface area contributed by atoms with Crippen LogP contribution < -0.4 is 10.5 Å². The molecule has 0 fully saturated rings. The fourth-order valence-corrected chi connectivity index (χ4v) is 2.39. The van der Waals surface area contributed by atoms with E-state index in [4.69, 9.17) is 10.9 Å². The van der Waals surface area contributed by atoms with Crippen LogP contribution >= 0.6 is 0 Å². The maximum absolute atomic E-state index is 11.8. The Labute approximate surface area is 99.2 Å². The van der Waals surface area contributed by atoms with Crippen LogP contribution in [0.3, 0.4) is 0 Å². The summed E-state index contributed by atoms with van der Waals surface area (Å²) < 4.78 is 27.2. The second kappa shape index (κ2) is 5.15. The summed E-state index contributed by atoms with van der Waals surface area (Å²) in [6, 6.07) is 1.39. The monoisotopic (exact) mass is 261 g/mol. The van der Waals surface area contributed by atoms with E-state index in [1.54, 1.807) is 6.92 Å². The smallest absolute Gasteiger partial charge is 0.257 e. The van der Waals surface area contributed by atoms with Gasteiger partial charge in [-0.05, 0) is 6.07 Å². The molecule has 0 spiro atoms. The van der Waals surface area contributed by atoms with Gasteiger partial charge in [0.05, 0.1) is 6.20 Å². The van der Waals surface area contributed by atoms with Crippen molar-refractivity contribution < 1.29 is 13.6 Å². The van der Waals surface area contributed by atoms with Crippen LogP contribution in [-0.2, 0) is 17.1 Å². The van der Waals surface area contributed by atoms with Crippen molar-refractivity contribution in [1.29, 1.82) is 0 Å². The number of nitrogens with zero attached hydrogens (tertiary/aromatic N) is 3. The van der Waals surface area contributed by atoms with Crippen molar-refractivity contribution in [3.63, 3.8) is 0 Å². The van der Waals surface area contributed by atoms with Crippen molar-refractivity contribution in [2.75, 3.05) is 6.54 Å². The molecule has 0 amide bonds. The van der Waals surface area contributed by atoms with Gasteiger partial charge in [0.1, 0.15) is 5.84 Å². The Balaban J connectivity index is 2.73. The topological polar surface area (TPSA) is 123 Å². The molecule has 0 aliphatic rings. The Morgan fingerprint density at radius 1 is 1.76 bits per heavy atom. The lowest BCUT2D eigenvalue weighted by atomic mass is 10.2. The Hall–Kier alpha value is -1.61. The van der Waals surface area contributed by atoms with Gasteiger partial charge in [-0.15, -0.1) is 0 Å². The second-order valence-electron chi connectivity index (χ2n) is 3.57. The average molecular weight is 261 g/mol. The molecule has 0 saturated carbocycles. The number of sulfonamides is 1. The van der Waals surface area contributed by atoms with E-state index in [2.05, 4.69) is 15.0 Å². The molecule has 4 N–H and O–H groups in total. The molecule has 0 saturated heterocycles. The Morgan fingerprint density at radius 2 is 2.41 bits per heavy atom. The maximum Gasteiger partial charge on any atom is 0.257 e. The van der Waals surface area contributed by atoms with Crippen molar-refractivity contribution in [1.82, 2.24) is 14.5 Å². The first-order valence-corrected chi connectivity index (χ1v) is 6.32. The zero-order chi connectivity index (χ0) is 13.1. The van der Waals surface area contributed by atoms with Crippen LogP contribution in [0.5, 0.6) is 0 Å². The van der Waals surface area contributed by atoms with Crippen LogP contribution in [0, 0.1) is 5.92 Å². The summed E-state index contributed by atoms with van der Waals surface area (Å²) in [6.07, 6.45) is 1.39. The molecule has 1 atom stereocenters. The number of oxime groups is 1. The lowest BCUT2D eigenvalue weighted by Crippen LogP contribution is -2.35. The number of nitrogens with one attached hydrogen (secondary N) is 1. The standard InChI is InChI=1S/C8H15N5O3S/c1-6(8(9)12-14)5-11-17(15,16)7-3-4-10-13(7)2/h3-4,6,11,14H,5H2,1-2H3,(H2,9,12). The Kier molecular flexibility index (Phi) is 4.07. The minimum Gasteiger partial charge on any atom is -0.409 e. The van der Waals surface area contributed by atoms with E-state index >= 15 is 0 Å². The van der Waals surface area contributed by atoms with Gasteiger partial charge in [-0.1, -0.05) is 12.1 Å². The van der Waals surface area contributed by atoms with E-state index in [1.165, 1.54) is 24.0 Å². The SMILES string of the molecule is CC(CNS(=O)(=O)c1ccnn1C)C(N)=NO. The van der Waals surface area contributed by atoms with Gasteiger partial charge < -0.3 is 10.9 Å². The highest BCUT2D eigenvalue weighted by molar-refractivity contribution is 7.89. The number of aromatic nitrogens is 2. The third-order valence-corrected chi connectivity index (χ3v) is 3.75. The normalized spacial score (nSPS) is 14.8. The summed E-state index contributed by atoms with van der Waals surface area (Å²) in [6.45, 7) is 1.68. The lowest BCUT2D eigenvalue weighted by Gasteiger charge is -2.11. The second-order valence-corrected chi connectivity index (χ2v) is 5.28. The van der Waals surface area contributed by atoms with Crippen molar-refractivity contribution >= 4 is 15.9 Å². The molecule has 0 aliphatic heterocycles. The van der Waals surface area contributed by atoms with Crippen LogP contribution in [0.4, 0.5) is 0 Å². The first kappa shape index (κ1) is 13.5. The first-order valence-electron chi connectivity index (χ1n) is 4.83. The molecule has 0 aliphatic carbocycles. The Bertz CT molecular complexity index is 507. The van der Waals surface area contributed by atoms with E-state index in [-0.39, 0.29) is 17.4 Å². The van der Waals surface area contributed by atoms with E-state index in [1.807, 2.05) is 0 Å². The van der Waals surface area contributed by atoms with Crippen molar-refractivity contribution in [2.24, 2.45) is 23.9 Å². The van der Waals surface area contributed by atoms with Gasteiger partial charge in [-0.2, -0.15) is 5.10 Å². The van der Waals surface area contributed by atoms with Gasteiger partial charge in [0, 0.05) is 19.5 Å². The maximum atomic E-state index is 11.8. The highest BCUT2D eigenvalue weighted by atomic mass is 32.2. The molecule has 1 aromatic heterocycles. The summed E-state index contributed by atoms with van der Waals surface area (Å²) in [5.74, 6) is -0.430. The molecular formula is C8H15N5O3S. The van der Waals surface area contributed by atoms with Crippen molar-refractivity contribution in [3.05, 3.63) is 12.3 Å². The number of nitrogens with two attached hydrogens (primary N) is 1. The fraction of sp³-hybridized carbons (Fsp3) is 0.500. The number of rotatable bonds is 5. The van der Waals surface area contributed by atoms with Crippen molar-refractivity contribution in [3.8, 4) is 0 Å². The molecule has 0 aromatic carbocycles. The highest BCUT2D eigenvalue weighted by Crippen LogP contribution is 2.06. The van der Waals surface area contributed by atoms with Gasteiger partial charge in [-0.25, -0.2) is 13.1 Å². The number of hydrogen-bond acceptors (Lipinski definition) is 5. The van der Waals surface area contributed by atoms with Crippen LogP contribution in [-0.4, -0.2) is 35.8 Å². The molecule has 0 radical (unpaired) electrons. The molecular weight excluding hydrogens is 246 g/mol. The predicted octanol–water partition coefficient (Wildman–Crippen LogP) is -0.919. The van der Waals surface area contributed by atoms with E-state index in [0.717, 1.165) is 0 Å².